The van der Waals surface area contributed by atoms with Crippen LogP contribution in [0.25, 0.3) is 10.4 Å². The van der Waals surface area contributed by atoms with Crippen LogP contribution in [0, 0.1) is 12.7 Å². The lowest BCUT2D eigenvalue weighted by molar-refractivity contribution is -0.125. The minimum Gasteiger partial charge on any atom is -0.305 e. The molecule has 2 aromatic rings. The van der Waals surface area contributed by atoms with Crippen LogP contribution in [0.2, 0.25) is 0 Å². The molecule has 6 heteroatoms. The van der Waals surface area contributed by atoms with E-state index in [4.69, 9.17) is 0 Å². The van der Waals surface area contributed by atoms with E-state index < -0.39 is 12.7 Å². The van der Waals surface area contributed by atoms with Crippen LogP contribution in [0.3, 0.4) is 0 Å². The minimum absolute atomic E-state index is 0.150. The zero-order valence-corrected chi connectivity index (χ0v) is 11.5. The first-order valence-corrected chi connectivity index (χ1v) is 6.85. The molecular formula is C14H13F4NS. The molecule has 0 fully saturated rings. The van der Waals surface area contributed by atoms with Gasteiger partial charge in [-0.1, -0.05) is 12.1 Å². The van der Waals surface area contributed by atoms with Crippen molar-refractivity contribution in [2.24, 2.45) is 0 Å². The van der Waals surface area contributed by atoms with Gasteiger partial charge in [-0.2, -0.15) is 13.2 Å². The summed E-state index contributed by atoms with van der Waals surface area (Å²) in [6.07, 6.45) is -4.21. The molecular weight excluding hydrogens is 290 g/mol. The number of benzene rings is 1. The molecule has 108 valence electrons. The molecule has 0 aliphatic carbocycles. The normalized spacial score (nSPS) is 11.8. The maximum Gasteiger partial charge on any atom is 0.401 e. The largest absolute Gasteiger partial charge is 0.401 e. The Hall–Kier alpha value is -1.40. The molecule has 1 heterocycles. The Kier molecular flexibility index (Phi) is 4.45. The van der Waals surface area contributed by atoms with Crippen molar-refractivity contribution in [1.82, 2.24) is 5.32 Å². The van der Waals surface area contributed by atoms with Crippen molar-refractivity contribution in [2.75, 3.05) is 6.54 Å². The number of alkyl halides is 3. The molecule has 0 aliphatic rings. The molecule has 0 bridgehead atoms. The first-order valence-electron chi connectivity index (χ1n) is 5.97. The summed E-state index contributed by atoms with van der Waals surface area (Å²) >= 11 is 1.41. The van der Waals surface area contributed by atoms with E-state index in [-0.39, 0.29) is 12.4 Å². The molecule has 0 atom stereocenters. The van der Waals surface area contributed by atoms with Gasteiger partial charge in [-0.15, -0.1) is 11.3 Å². The molecule has 0 saturated heterocycles. The molecule has 0 unspecified atom stereocenters. The molecule has 2 rings (SSSR count). The maximum atomic E-state index is 13.2. The predicted octanol–water partition coefficient (Wildman–Crippen LogP) is 4.51. The van der Waals surface area contributed by atoms with Crippen LogP contribution in [-0.2, 0) is 6.54 Å². The fraction of sp³-hybridized carbons (Fsp3) is 0.286. The van der Waals surface area contributed by atoms with Crippen molar-refractivity contribution in [1.29, 1.82) is 0 Å². The SMILES string of the molecule is Cc1c(CNCC(F)(F)F)csc1-c1cccc(F)c1. The lowest BCUT2D eigenvalue weighted by atomic mass is 10.1. The first kappa shape index (κ1) is 15.0. The third kappa shape index (κ3) is 3.80. The van der Waals surface area contributed by atoms with E-state index in [0.29, 0.717) is 0 Å². The molecule has 20 heavy (non-hydrogen) atoms. The Morgan fingerprint density at radius 3 is 2.65 bits per heavy atom. The van der Waals surface area contributed by atoms with Gasteiger partial charge < -0.3 is 5.32 Å². The number of nitrogens with one attached hydrogen (secondary N) is 1. The van der Waals surface area contributed by atoms with E-state index in [9.17, 15) is 17.6 Å². The molecule has 0 spiro atoms. The second-order valence-corrected chi connectivity index (χ2v) is 5.32. The van der Waals surface area contributed by atoms with Crippen molar-refractivity contribution >= 4 is 11.3 Å². The van der Waals surface area contributed by atoms with Gasteiger partial charge in [0.05, 0.1) is 6.54 Å². The molecule has 0 saturated carbocycles. The van der Waals surface area contributed by atoms with Gasteiger partial charge in [0.1, 0.15) is 5.82 Å². The maximum absolute atomic E-state index is 13.2. The number of thiophene rings is 1. The van der Waals surface area contributed by atoms with Gasteiger partial charge in [0.25, 0.3) is 0 Å². The third-order valence-corrected chi connectivity index (χ3v) is 4.05. The highest BCUT2D eigenvalue weighted by Gasteiger charge is 2.26. The Bertz CT molecular complexity index is 589. The Morgan fingerprint density at radius 2 is 2.00 bits per heavy atom. The second kappa shape index (κ2) is 5.93. The molecule has 1 aromatic heterocycles. The van der Waals surface area contributed by atoms with Gasteiger partial charge in [-0.3, -0.25) is 0 Å². The summed E-state index contributed by atoms with van der Waals surface area (Å²) in [5, 5.41) is 4.17. The fourth-order valence-corrected chi connectivity index (χ4v) is 2.97. The van der Waals surface area contributed by atoms with Gasteiger partial charge in [0, 0.05) is 11.4 Å². The summed E-state index contributed by atoms with van der Waals surface area (Å²) in [5.74, 6) is -0.327. The zero-order valence-electron chi connectivity index (χ0n) is 10.7. The highest BCUT2D eigenvalue weighted by atomic mass is 32.1. The van der Waals surface area contributed by atoms with E-state index in [0.717, 1.165) is 21.6 Å². The Morgan fingerprint density at radius 1 is 1.25 bits per heavy atom. The number of halogens is 4. The number of hydrogen-bond donors (Lipinski definition) is 1. The molecule has 0 amide bonds. The first-order chi connectivity index (χ1) is 9.37. The van der Waals surface area contributed by atoms with Crippen molar-refractivity contribution in [3.8, 4) is 10.4 Å². The summed E-state index contributed by atoms with van der Waals surface area (Å²) in [5.41, 5.74) is 2.43. The fourth-order valence-electron chi connectivity index (χ4n) is 1.88. The van der Waals surface area contributed by atoms with Crippen molar-refractivity contribution in [3.05, 3.63) is 46.6 Å². The third-order valence-electron chi connectivity index (χ3n) is 2.87. The van der Waals surface area contributed by atoms with Gasteiger partial charge >= 0.3 is 6.18 Å². The molecule has 0 radical (unpaired) electrons. The summed E-state index contributed by atoms with van der Waals surface area (Å²) < 4.78 is 49.4. The predicted molar refractivity (Wildman–Crippen MR) is 72.2 cm³/mol. The van der Waals surface area contributed by atoms with Crippen molar-refractivity contribution < 1.29 is 17.6 Å². The Balaban J connectivity index is 2.11. The number of hydrogen-bond acceptors (Lipinski definition) is 2. The smallest absolute Gasteiger partial charge is 0.305 e. The molecule has 1 nitrogen and oxygen atoms in total. The zero-order chi connectivity index (χ0) is 14.8. The summed E-state index contributed by atoms with van der Waals surface area (Å²) in [6, 6.07) is 6.18. The van der Waals surface area contributed by atoms with Crippen molar-refractivity contribution in [3.63, 3.8) is 0 Å². The average molecular weight is 303 g/mol. The summed E-state index contributed by atoms with van der Waals surface area (Å²) in [6.45, 7) is 0.968. The van der Waals surface area contributed by atoms with Gasteiger partial charge in [-0.25, -0.2) is 4.39 Å². The standard InChI is InChI=1S/C14H13F4NS/c1-9-11(6-19-8-14(16,17)18)7-20-13(9)10-3-2-4-12(15)5-10/h2-5,7,19H,6,8H2,1H3. The van der Waals surface area contributed by atoms with Crippen LogP contribution in [0.4, 0.5) is 17.6 Å². The van der Waals surface area contributed by atoms with Crippen LogP contribution in [0.1, 0.15) is 11.1 Å². The summed E-state index contributed by atoms with van der Waals surface area (Å²) in [7, 11) is 0. The van der Waals surface area contributed by atoms with E-state index >= 15 is 0 Å². The highest BCUT2D eigenvalue weighted by molar-refractivity contribution is 7.14. The molecule has 1 N–H and O–H groups in total. The van der Waals surface area contributed by atoms with Gasteiger partial charge in [0.15, 0.2) is 0 Å². The quantitative estimate of drug-likeness (QED) is 0.819. The van der Waals surface area contributed by atoms with Crippen LogP contribution >= 0.6 is 11.3 Å². The van der Waals surface area contributed by atoms with Crippen LogP contribution in [0.15, 0.2) is 29.6 Å². The van der Waals surface area contributed by atoms with Crippen LogP contribution in [-0.4, -0.2) is 12.7 Å². The second-order valence-electron chi connectivity index (χ2n) is 4.44. The molecule has 0 aliphatic heterocycles. The Labute approximate surface area is 118 Å². The topological polar surface area (TPSA) is 12.0 Å². The van der Waals surface area contributed by atoms with E-state index in [1.54, 1.807) is 17.5 Å². The monoisotopic (exact) mass is 303 g/mol. The minimum atomic E-state index is -4.21. The lowest BCUT2D eigenvalue weighted by Gasteiger charge is -2.08. The average Bonchev–Trinajstić information content (AvgIpc) is 2.70. The number of rotatable bonds is 4. The van der Waals surface area contributed by atoms with E-state index in [1.165, 1.54) is 23.5 Å². The molecule has 1 aromatic carbocycles. The van der Waals surface area contributed by atoms with Crippen LogP contribution in [0.5, 0.6) is 0 Å². The highest BCUT2D eigenvalue weighted by Crippen LogP contribution is 2.32. The summed E-state index contributed by atoms with van der Waals surface area (Å²) in [4.78, 5) is 0.883. The van der Waals surface area contributed by atoms with E-state index in [1.807, 2.05) is 6.92 Å². The lowest BCUT2D eigenvalue weighted by Crippen LogP contribution is -2.28. The van der Waals surface area contributed by atoms with Gasteiger partial charge in [-0.05, 0) is 41.1 Å². The van der Waals surface area contributed by atoms with Gasteiger partial charge in [0.2, 0.25) is 0 Å². The van der Waals surface area contributed by atoms with Crippen LogP contribution < -0.4 is 5.32 Å². The van der Waals surface area contributed by atoms with E-state index in [2.05, 4.69) is 5.32 Å². The van der Waals surface area contributed by atoms with Crippen molar-refractivity contribution in [2.45, 2.75) is 19.6 Å².